The second-order valence-corrected chi connectivity index (χ2v) is 5.07. The topological polar surface area (TPSA) is 0 Å². The Morgan fingerprint density at radius 1 is 1.18 bits per heavy atom. The van der Waals surface area contributed by atoms with Gasteiger partial charge in [0.2, 0.25) is 0 Å². The van der Waals surface area contributed by atoms with Gasteiger partial charge in [-0.05, 0) is 0 Å². The molecule has 1 heteroatoms. The summed E-state index contributed by atoms with van der Waals surface area (Å²) in [5, 5.41) is 1.40. The van der Waals surface area contributed by atoms with E-state index in [-0.39, 0.29) is 0 Å². The van der Waals surface area contributed by atoms with Crippen molar-refractivity contribution in [1.82, 2.24) is 0 Å². The van der Waals surface area contributed by atoms with Gasteiger partial charge in [0.25, 0.3) is 0 Å². The molecular weight excluding hydrogens is 221 g/mol. The molecule has 0 spiro atoms. The maximum absolute atomic E-state index is 2.27. The fourth-order valence-electron chi connectivity index (χ4n) is 0.803. The summed E-state index contributed by atoms with van der Waals surface area (Å²) in [4.78, 5) is 0. The van der Waals surface area contributed by atoms with Crippen LogP contribution in [0.5, 0.6) is 0 Å². The molecule has 0 fully saturated rings. The van der Waals surface area contributed by atoms with Crippen molar-refractivity contribution in [2.75, 3.05) is 0 Å². The minimum absolute atomic E-state index is 0.481. The van der Waals surface area contributed by atoms with E-state index in [2.05, 4.69) is 38.1 Å². The van der Waals surface area contributed by atoms with Crippen molar-refractivity contribution in [2.24, 2.45) is 0 Å². The third-order valence-corrected chi connectivity index (χ3v) is 4.00. The first kappa shape index (κ1) is 8.94. The normalized spacial score (nSPS) is 10.4. The van der Waals surface area contributed by atoms with Gasteiger partial charge in [0, 0.05) is 0 Å². The Hall–Kier alpha value is -0.157. The zero-order valence-corrected chi connectivity index (χ0v) is 8.82. The van der Waals surface area contributed by atoms with E-state index in [1.54, 1.807) is 4.16 Å². The van der Waals surface area contributed by atoms with Gasteiger partial charge in [0.05, 0.1) is 0 Å². The van der Waals surface area contributed by atoms with Gasteiger partial charge in [-0.15, -0.1) is 0 Å². The molecule has 0 nitrogen and oxygen atoms in total. The summed E-state index contributed by atoms with van der Waals surface area (Å²) in [6.07, 6.45) is 1.33. The predicted octanol–water partition coefficient (Wildman–Crippen LogP) is 2.53. The fraction of sp³-hybridized carbons (Fsp3) is 0.400. The molecule has 1 aromatic carbocycles. The molecule has 0 bridgehead atoms. The summed E-state index contributed by atoms with van der Waals surface area (Å²) in [7, 11) is 0. The molecule has 0 N–H and O–H groups in total. The number of benzene rings is 1. The van der Waals surface area contributed by atoms with E-state index in [9.17, 15) is 0 Å². The molecule has 0 atom stereocenters. The van der Waals surface area contributed by atoms with Gasteiger partial charge < -0.3 is 0 Å². The van der Waals surface area contributed by atoms with Crippen LogP contribution in [0, 0.1) is 6.92 Å². The van der Waals surface area contributed by atoms with Crippen LogP contribution < -0.4 is 4.16 Å². The summed E-state index contributed by atoms with van der Waals surface area (Å²) in [6.45, 7) is 4.39. The Balaban J connectivity index is 2.52. The molecular formula is C10H14Ru. The average molecular weight is 235 g/mol. The molecule has 1 aromatic rings. The number of hydrogen-bond donors (Lipinski definition) is 0. The molecule has 0 radical (unpaired) electrons. The molecule has 0 aliphatic rings. The summed E-state index contributed by atoms with van der Waals surface area (Å²) in [6, 6.07) is 8.95. The van der Waals surface area contributed by atoms with E-state index >= 15 is 0 Å². The van der Waals surface area contributed by atoms with Crippen LogP contribution >= 0.6 is 0 Å². The van der Waals surface area contributed by atoms with Crippen molar-refractivity contribution >= 4 is 4.16 Å². The van der Waals surface area contributed by atoms with Crippen LogP contribution in [0.1, 0.15) is 18.9 Å². The van der Waals surface area contributed by atoms with Crippen molar-refractivity contribution in [2.45, 2.75) is 25.3 Å². The van der Waals surface area contributed by atoms with Crippen LogP contribution in [-0.4, -0.2) is 0 Å². The van der Waals surface area contributed by atoms with Crippen molar-refractivity contribution in [3.63, 3.8) is 0 Å². The Morgan fingerprint density at radius 2 is 1.82 bits per heavy atom. The second kappa shape index (κ2) is 4.67. The van der Waals surface area contributed by atoms with Crippen LogP contribution in [0.25, 0.3) is 0 Å². The van der Waals surface area contributed by atoms with Crippen molar-refractivity contribution in [3.8, 4) is 0 Å². The Labute approximate surface area is 76.6 Å². The first-order chi connectivity index (χ1) is 5.33. The number of aryl methyl sites for hydroxylation is 1. The molecule has 0 saturated heterocycles. The van der Waals surface area contributed by atoms with Gasteiger partial charge in [-0.3, -0.25) is 0 Å². The third kappa shape index (κ3) is 3.16. The molecule has 0 unspecified atom stereocenters. The summed E-state index contributed by atoms with van der Waals surface area (Å²) < 4.78 is 1.56. The summed E-state index contributed by atoms with van der Waals surface area (Å²) in [5.74, 6) is 0. The Morgan fingerprint density at radius 3 is 2.36 bits per heavy atom. The monoisotopic (exact) mass is 236 g/mol. The molecule has 1 rings (SSSR count). The van der Waals surface area contributed by atoms with Gasteiger partial charge in [0.15, 0.2) is 0 Å². The number of hydrogen-bond acceptors (Lipinski definition) is 0. The van der Waals surface area contributed by atoms with E-state index in [1.165, 1.54) is 17.0 Å². The van der Waals surface area contributed by atoms with E-state index in [0.717, 1.165) is 0 Å². The van der Waals surface area contributed by atoms with E-state index < -0.39 is 0 Å². The molecule has 62 valence electrons. The van der Waals surface area contributed by atoms with E-state index in [1.807, 2.05) is 0 Å². The predicted molar refractivity (Wildman–Crippen MR) is 45.9 cm³/mol. The van der Waals surface area contributed by atoms with Gasteiger partial charge in [-0.1, -0.05) is 0 Å². The molecule has 0 aromatic heterocycles. The maximum atomic E-state index is 2.27. The Kier molecular flexibility index (Phi) is 3.79. The molecule has 11 heavy (non-hydrogen) atoms. The summed E-state index contributed by atoms with van der Waals surface area (Å²) in [5.41, 5.74) is 1.37. The van der Waals surface area contributed by atoms with Gasteiger partial charge in [-0.2, -0.15) is 0 Å². The van der Waals surface area contributed by atoms with E-state index in [0.29, 0.717) is 17.1 Å². The average Bonchev–Trinajstić information content (AvgIpc) is 2.04. The molecule has 0 amide bonds. The number of rotatable bonds is 3. The van der Waals surface area contributed by atoms with Crippen LogP contribution in [0.15, 0.2) is 24.3 Å². The zero-order valence-electron chi connectivity index (χ0n) is 7.08. The standard InChI is InChI=1S/C7H7.C3H7.Ru/c1-7-5-3-2-4-6-7;1-3-2;/h3-6H,1H3;1,3H2,2H3;. The van der Waals surface area contributed by atoms with Crippen molar-refractivity contribution in [1.29, 1.82) is 0 Å². The van der Waals surface area contributed by atoms with Crippen molar-refractivity contribution in [3.05, 3.63) is 29.8 Å². The molecule has 0 saturated carbocycles. The molecule has 0 aliphatic heterocycles. The van der Waals surface area contributed by atoms with Gasteiger partial charge in [0.1, 0.15) is 0 Å². The molecule has 0 aliphatic carbocycles. The van der Waals surface area contributed by atoms with Gasteiger partial charge in [-0.25, -0.2) is 0 Å². The van der Waals surface area contributed by atoms with E-state index in [4.69, 9.17) is 0 Å². The fourth-order valence-corrected chi connectivity index (χ4v) is 2.44. The van der Waals surface area contributed by atoms with Crippen LogP contribution in [0.3, 0.4) is 0 Å². The minimum atomic E-state index is 0.481. The van der Waals surface area contributed by atoms with Crippen LogP contribution in [0.2, 0.25) is 5.02 Å². The second-order valence-electron chi connectivity index (χ2n) is 2.58. The quantitative estimate of drug-likeness (QED) is 0.706. The third-order valence-electron chi connectivity index (χ3n) is 1.41. The van der Waals surface area contributed by atoms with Gasteiger partial charge >= 0.3 is 76.4 Å². The Bertz CT molecular complexity index is 201. The zero-order chi connectivity index (χ0) is 8.10. The van der Waals surface area contributed by atoms with Crippen molar-refractivity contribution < 1.29 is 17.1 Å². The summed E-state index contributed by atoms with van der Waals surface area (Å²) >= 11 is 0.481. The first-order valence-corrected chi connectivity index (χ1v) is 6.05. The molecule has 0 heterocycles. The SMILES string of the molecule is CC[CH2][Ru][c]1ccc(C)cc1. The van der Waals surface area contributed by atoms with Crippen LogP contribution in [0.4, 0.5) is 0 Å². The van der Waals surface area contributed by atoms with Crippen LogP contribution in [-0.2, 0) is 17.1 Å². The first-order valence-electron chi connectivity index (χ1n) is 3.96.